The molecule has 4 aromatic rings. The summed E-state index contributed by atoms with van der Waals surface area (Å²) in [6.45, 7) is 3.20. The van der Waals surface area contributed by atoms with Gasteiger partial charge in [-0.2, -0.15) is 0 Å². The van der Waals surface area contributed by atoms with Crippen LogP contribution >= 0.6 is 0 Å². The van der Waals surface area contributed by atoms with E-state index in [0.29, 0.717) is 71.1 Å². The van der Waals surface area contributed by atoms with Gasteiger partial charge < -0.3 is 34.6 Å². The SMILES string of the molecule is CN1CCN(C(=O)c2ccc(Nc3cc(-c4cccc(N5CCc6cc(N(C)C)ccc6C5=O)c4CO)cn(C)c3=O)nc2)CC1. The number of piperazine rings is 1. The largest absolute Gasteiger partial charge is 0.392 e. The van der Waals surface area contributed by atoms with Gasteiger partial charge in [0.15, 0.2) is 0 Å². The first-order valence-electron chi connectivity index (χ1n) is 15.4. The van der Waals surface area contributed by atoms with E-state index < -0.39 is 0 Å². The van der Waals surface area contributed by atoms with Gasteiger partial charge in [0.05, 0.1) is 17.9 Å². The fourth-order valence-corrected chi connectivity index (χ4v) is 6.12. The molecule has 6 rings (SSSR count). The summed E-state index contributed by atoms with van der Waals surface area (Å²) in [5.41, 5.74) is 5.87. The van der Waals surface area contributed by atoms with Gasteiger partial charge in [0, 0.05) is 88.6 Å². The van der Waals surface area contributed by atoms with Crippen molar-refractivity contribution in [3.05, 3.63) is 99.6 Å². The number of aromatic nitrogens is 2. The van der Waals surface area contributed by atoms with Crippen LogP contribution < -0.4 is 20.7 Å². The topological polar surface area (TPSA) is 114 Å². The average molecular weight is 622 g/mol. The minimum absolute atomic E-state index is 0.0598. The molecule has 238 valence electrons. The van der Waals surface area contributed by atoms with Crippen molar-refractivity contribution in [2.75, 3.05) is 69.0 Å². The van der Waals surface area contributed by atoms with Crippen molar-refractivity contribution in [3.63, 3.8) is 0 Å². The maximum Gasteiger partial charge on any atom is 0.274 e. The summed E-state index contributed by atoms with van der Waals surface area (Å²) in [6.07, 6.45) is 3.94. The van der Waals surface area contributed by atoms with Crippen LogP contribution in [0.15, 0.2) is 71.8 Å². The lowest BCUT2D eigenvalue weighted by Gasteiger charge is -2.32. The van der Waals surface area contributed by atoms with E-state index in [1.165, 1.54) is 10.8 Å². The zero-order valence-electron chi connectivity index (χ0n) is 26.7. The number of benzene rings is 2. The van der Waals surface area contributed by atoms with Gasteiger partial charge in [0.25, 0.3) is 17.4 Å². The molecule has 0 aliphatic carbocycles. The van der Waals surface area contributed by atoms with Gasteiger partial charge in [-0.1, -0.05) is 12.1 Å². The highest BCUT2D eigenvalue weighted by Gasteiger charge is 2.28. The fourth-order valence-electron chi connectivity index (χ4n) is 6.12. The van der Waals surface area contributed by atoms with Crippen molar-refractivity contribution in [3.8, 4) is 11.1 Å². The zero-order valence-corrected chi connectivity index (χ0v) is 26.7. The Hall–Kier alpha value is -5.00. The predicted octanol–water partition coefficient (Wildman–Crippen LogP) is 3.34. The van der Waals surface area contributed by atoms with Crippen LogP contribution in [0.25, 0.3) is 11.1 Å². The lowest BCUT2D eigenvalue weighted by Crippen LogP contribution is -2.47. The number of aryl methyl sites for hydroxylation is 1. The molecule has 0 unspecified atom stereocenters. The second kappa shape index (κ2) is 12.8. The number of likely N-dealkylation sites (N-methyl/N-ethyl adjacent to an activating group) is 1. The lowest BCUT2D eigenvalue weighted by molar-refractivity contribution is 0.0663. The summed E-state index contributed by atoms with van der Waals surface area (Å²) in [5.74, 6) is 0.257. The van der Waals surface area contributed by atoms with Crippen LogP contribution in [0.3, 0.4) is 0 Å². The van der Waals surface area contributed by atoms with Crippen LogP contribution in [0.4, 0.5) is 22.9 Å². The number of anilines is 4. The van der Waals surface area contributed by atoms with Gasteiger partial charge in [-0.3, -0.25) is 14.4 Å². The third-order valence-corrected chi connectivity index (χ3v) is 8.84. The third-order valence-electron chi connectivity index (χ3n) is 8.84. The number of rotatable bonds is 7. The quantitative estimate of drug-likeness (QED) is 0.323. The lowest BCUT2D eigenvalue weighted by atomic mass is 9.94. The maximum atomic E-state index is 13.7. The number of hydrogen-bond acceptors (Lipinski definition) is 8. The Bertz CT molecular complexity index is 1840. The Kier molecular flexibility index (Phi) is 8.61. The summed E-state index contributed by atoms with van der Waals surface area (Å²) < 4.78 is 1.47. The molecule has 2 aliphatic heterocycles. The standard InChI is InChI=1S/C35H39N7O4/c1-38(2)26-9-10-28-23(18-26)12-13-42(34(28)45)31-7-5-6-27(29(31)22-43)25-19-30(35(46)40(4)21-25)37-32-11-8-24(20-36-32)33(44)41-16-14-39(3)15-17-41/h5-11,18-21,43H,12-17,22H2,1-4H3,(H,36,37). The Morgan fingerprint density at radius 2 is 1.74 bits per heavy atom. The number of nitrogens with zero attached hydrogens (tertiary/aromatic N) is 6. The monoisotopic (exact) mass is 621 g/mol. The number of amides is 2. The van der Waals surface area contributed by atoms with Crippen LogP contribution in [0, 0.1) is 0 Å². The van der Waals surface area contributed by atoms with E-state index in [1.54, 1.807) is 36.3 Å². The Morgan fingerprint density at radius 1 is 0.957 bits per heavy atom. The van der Waals surface area contributed by atoms with Crippen LogP contribution in [-0.4, -0.2) is 90.1 Å². The Balaban J connectivity index is 1.27. The van der Waals surface area contributed by atoms with Crippen molar-refractivity contribution < 1.29 is 14.7 Å². The molecule has 1 fully saturated rings. The van der Waals surface area contributed by atoms with Gasteiger partial charge >= 0.3 is 0 Å². The summed E-state index contributed by atoms with van der Waals surface area (Å²) >= 11 is 0. The van der Waals surface area contributed by atoms with E-state index >= 15 is 0 Å². The van der Waals surface area contributed by atoms with Crippen LogP contribution in [0.5, 0.6) is 0 Å². The first-order chi connectivity index (χ1) is 22.1. The number of carbonyl (C=O) groups is 2. The minimum atomic E-state index is -0.294. The van der Waals surface area contributed by atoms with E-state index in [1.807, 2.05) is 61.3 Å². The molecule has 46 heavy (non-hydrogen) atoms. The minimum Gasteiger partial charge on any atom is -0.392 e. The van der Waals surface area contributed by atoms with E-state index in [-0.39, 0.29) is 24.0 Å². The summed E-state index contributed by atoms with van der Waals surface area (Å²) in [4.78, 5) is 52.0. The molecular formula is C35H39N7O4. The van der Waals surface area contributed by atoms with Gasteiger partial charge in [0.2, 0.25) is 0 Å². The van der Waals surface area contributed by atoms with Gasteiger partial charge in [-0.15, -0.1) is 0 Å². The highest BCUT2D eigenvalue weighted by Crippen LogP contribution is 2.35. The maximum absolute atomic E-state index is 13.7. The predicted molar refractivity (Wildman–Crippen MR) is 180 cm³/mol. The molecule has 1 saturated heterocycles. The van der Waals surface area contributed by atoms with Crippen LogP contribution in [-0.2, 0) is 20.1 Å². The number of aliphatic hydroxyl groups excluding tert-OH is 1. The van der Waals surface area contributed by atoms with Crippen molar-refractivity contribution in [1.82, 2.24) is 19.4 Å². The first-order valence-corrected chi connectivity index (χ1v) is 15.4. The van der Waals surface area contributed by atoms with Gasteiger partial charge in [0.1, 0.15) is 11.5 Å². The van der Waals surface area contributed by atoms with Crippen molar-refractivity contribution in [2.45, 2.75) is 13.0 Å². The van der Waals surface area contributed by atoms with E-state index in [4.69, 9.17) is 0 Å². The molecule has 11 nitrogen and oxygen atoms in total. The first kappa shape index (κ1) is 31.0. The van der Waals surface area contributed by atoms with E-state index in [2.05, 4.69) is 21.3 Å². The zero-order chi connectivity index (χ0) is 32.5. The molecule has 11 heteroatoms. The molecule has 0 bridgehead atoms. The number of hydrogen-bond donors (Lipinski definition) is 2. The molecule has 2 aliphatic rings. The number of pyridine rings is 2. The smallest absolute Gasteiger partial charge is 0.274 e. The summed E-state index contributed by atoms with van der Waals surface area (Å²) in [5, 5.41) is 13.7. The number of aliphatic hydroxyl groups is 1. The molecule has 2 aromatic carbocycles. The molecular weight excluding hydrogens is 582 g/mol. The number of nitrogens with one attached hydrogen (secondary N) is 1. The normalized spacial score (nSPS) is 15.1. The summed E-state index contributed by atoms with van der Waals surface area (Å²) in [6, 6.07) is 16.6. The molecule has 0 atom stereocenters. The van der Waals surface area contributed by atoms with Crippen LogP contribution in [0.2, 0.25) is 0 Å². The highest BCUT2D eigenvalue weighted by atomic mass is 16.3. The molecule has 2 N–H and O–H groups in total. The van der Waals surface area contributed by atoms with Crippen molar-refractivity contribution in [1.29, 1.82) is 0 Å². The van der Waals surface area contributed by atoms with Gasteiger partial charge in [-0.05, 0) is 67.1 Å². The van der Waals surface area contributed by atoms with Crippen LogP contribution in [0.1, 0.15) is 31.8 Å². The second-order valence-corrected chi connectivity index (χ2v) is 12.1. The summed E-state index contributed by atoms with van der Waals surface area (Å²) in [7, 11) is 7.66. The fraction of sp³-hybridized carbons (Fsp3) is 0.314. The van der Waals surface area contributed by atoms with E-state index in [9.17, 15) is 19.5 Å². The number of carbonyl (C=O) groups excluding carboxylic acids is 2. The second-order valence-electron chi connectivity index (χ2n) is 12.1. The van der Waals surface area contributed by atoms with E-state index in [0.717, 1.165) is 24.3 Å². The molecule has 2 aromatic heterocycles. The Morgan fingerprint density at radius 3 is 2.43 bits per heavy atom. The van der Waals surface area contributed by atoms with Crippen molar-refractivity contribution in [2.24, 2.45) is 7.05 Å². The molecule has 4 heterocycles. The molecule has 2 amide bonds. The molecule has 0 saturated carbocycles. The Labute approximate surface area is 268 Å². The van der Waals surface area contributed by atoms with Gasteiger partial charge in [-0.25, -0.2) is 4.98 Å². The number of fused-ring (bicyclic) bond motifs is 1. The average Bonchev–Trinajstić information content (AvgIpc) is 3.06. The molecule has 0 spiro atoms. The third kappa shape index (κ3) is 5.99. The highest BCUT2D eigenvalue weighted by molar-refractivity contribution is 6.09. The van der Waals surface area contributed by atoms with Crippen molar-refractivity contribution >= 4 is 34.7 Å². The molecule has 0 radical (unpaired) electrons.